The summed E-state index contributed by atoms with van der Waals surface area (Å²) in [4.78, 5) is 17.7. The molecule has 7 heteroatoms. The molecule has 0 heterocycles. The molecule has 0 bridgehead atoms. The van der Waals surface area contributed by atoms with Crippen LogP contribution in [0, 0.1) is 0 Å². The van der Waals surface area contributed by atoms with E-state index >= 15 is 0 Å². The molecule has 0 aliphatic rings. The number of hydrogen-bond acceptors (Lipinski definition) is 3. The SMILES string of the molecule is [K+].[K+].[K+].[O-]P([O-])[S-]. The minimum absolute atomic E-state index is 0. The Bertz CT molecular complexity index is 17.7. The van der Waals surface area contributed by atoms with E-state index in [-0.39, 0.29) is 154 Å². The Morgan fingerprint density at radius 1 is 1.00 bits per heavy atom. The van der Waals surface area contributed by atoms with Gasteiger partial charge in [-0.25, -0.2) is 0 Å². The quantitative estimate of drug-likeness (QED) is 0.228. The van der Waals surface area contributed by atoms with Gasteiger partial charge in [-0.05, 0) is 0 Å². The first-order valence-electron chi connectivity index (χ1n) is 0.548. The van der Waals surface area contributed by atoms with Gasteiger partial charge in [0, 0.05) is 0 Å². The standard InChI is InChI=1S/3K.O2PS/c;;;1-3(2)4/q3*+1;-3. The van der Waals surface area contributed by atoms with Crippen LogP contribution in [0.1, 0.15) is 0 Å². The van der Waals surface area contributed by atoms with Crippen molar-refractivity contribution in [3.05, 3.63) is 0 Å². The topological polar surface area (TPSA) is 46.1 Å². The van der Waals surface area contributed by atoms with E-state index in [1.165, 1.54) is 0 Å². The fourth-order valence-corrected chi connectivity index (χ4v) is 0. The van der Waals surface area contributed by atoms with Crippen LogP contribution in [0.5, 0.6) is 0 Å². The van der Waals surface area contributed by atoms with Crippen LogP contribution in [0.25, 0.3) is 0 Å². The number of hydrogen-bond donors (Lipinski definition) is 0. The summed E-state index contributed by atoms with van der Waals surface area (Å²) in [6.07, 6.45) is 0. The molecule has 26 valence electrons. The molecule has 0 fully saturated rings. The predicted molar refractivity (Wildman–Crippen MR) is 14.3 cm³/mol. The second-order valence-electron chi connectivity index (χ2n) is 0.224. The zero-order valence-electron chi connectivity index (χ0n) is 4.67. The summed E-state index contributed by atoms with van der Waals surface area (Å²) in [5.74, 6) is 0. The maximum atomic E-state index is 8.85. The van der Waals surface area contributed by atoms with Crippen LogP contribution in [0.2, 0.25) is 0 Å². The minimum Gasteiger partial charge on any atom is -0.860 e. The summed E-state index contributed by atoms with van der Waals surface area (Å²) in [6.45, 7) is 0. The summed E-state index contributed by atoms with van der Waals surface area (Å²) < 4.78 is 0. The Kier molecular flexibility index (Phi) is 57.7. The van der Waals surface area contributed by atoms with Crippen molar-refractivity contribution >= 4 is 19.8 Å². The normalized spacial score (nSPS) is 5.14. The van der Waals surface area contributed by atoms with Crippen molar-refractivity contribution in [1.82, 2.24) is 0 Å². The molecular formula is K3O2PS. The van der Waals surface area contributed by atoms with Crippen LogP contribution in [-0.2, 0) is 12.2 Å². The van der Waals surface area contributed by atoms with Gasteiger partial charge in [0.25, 0.3) is 0 Å². The van der Waals surface area contributed by atoms with E-state index in [1.54, 1.807) is 0 Å². The minimum atomic E-state index is -2.54. The van der Waals surface area contributed by atoms with Crippen LogP contribution in [0.4, 0.5) is 0 Å². The monoisotopic (exact) mass is 212 g/mol. The molecule has 7 heavy (non-hydrogen) atoms. The first kappa shape index (κ1) is 22.9. The Hall–Kier alpha value is 5.61. The maximum absolute atomic E-state index is 8.85. The van der Waals surface area contributed by atoms with Crippen LogP contribution in [-0.4, -0.2) is 0 Å². The van der Waals surface area contributed by atoms with Crippen molar-refractivity contribution in [2.45, 2.75) is 0 Å². The number of rotatable bonds is 0. The van der Waals surface area contributed by atoms with Crippen LogP contribution < -0.4 is 164 Å². The molecule has 0 aliphatic heterocycles. The molecule has 2 nitrogen and oxygen atoms in total. The van der Waals surface area contributed by atoms with Crippen LogP contribution in [0.3, 0.4) is 0 Å². The molecular weight excluding hydrogens is 212 g/mol. The van der Waals surface area contributed by atoms with Gasteiger partial charge in [-0.1, -0.05) is 0 Å². The second-order valence-corrected chi connectivity index (χ2v) is 1.57. The molecule has 0 radical (unpaired) electrons. The van der Waals surface area contributed by atoms with Crippen molar-refractivity contribution < 1.29 is 164 Å². The van der Waals surface area contributed by atoms with Gasteiger partial charge in [0.2, 0.25) is 0 Å². The Balaban J connectivity index is -0.0000000150. The van der Waals surface area contributed by atoms with E-state index in [0.29, 0.717) is 0 Å². The third kappa shape index (κ3) is 34.1. The molecule has 0 rings (SSSR count). The van der Waals surface area contributed by atoms with Gasteiger partial charge in [0.1, 0.15) is 0 Å². The Labute approximate surface area is 177 Å². The first-order valence-corrected chi connectivity index (χ1v) is 2.74. The maximum Gasteiger partial charge on any atom is 1.00 e. The van der Waals surface area contributed by atoms with Crippen molar-refractivity contribution in [2.75, 3.05) is 0 Å². The van der Waals surface area contributed by atoms with Crippen molar-refractivity contribution in [3.8, 4) is 0 Å². The third-order valence-corrected chi connectivity index (χ3v) is 0. The van der Waals surface area contributed by atoms with Gasteiger partial charge >= 0.3 is 154 Å². The van der Waals surface area contributed by atoms with E-state index in [9.17, 15) is 0 Å². The fraction of sp³-hybridized carbons (Fsp3) is 0. The Morgan fingerprint density at radius 3 is 1.00 bits per heavy atom. The van der Waals surface area contributed by atoms with Crippen molar-refractivity contribution in [2.24, 2.45) is 0 Å². The van der Waals surface area contributed by atoms with Gasteiger partial charge < -0.3 is 29.6 Å². The average molecular weight is 212 g/mol. The molecule has 0 N–H and O–H groups in total. The van der Waals surface area contributed by atoms with Crippen molar-refractivity contribution in [3.63, 3.8) is 0 Å². The van der Waals surface area contributed by atoms with E-state index in [0.717, 1.165) is 0 Å². The van der Waals surface area contributed by atoms with E-state index in [2.05, 4.69) is 12.2 Å². The van der Waals surface area contributed by atoms with Gasteiger partial charge in [-0.15, -0.1) is 0 Å². The van der Waals surface area contributed by atoms with Crippen molar-refractivity contribution in [1.29, 1.82) is 0 Å². The molecule has 0 amide bonds. The Morgan fingerprint density at radius 2 is 1.00 bits per heavy atom. The zero-order valence-corrected chi connectivity index (χ0v) is 15.8. The van der Waals surface area contributed by atoms with E-state index in [4.69, 9.17) is 9.79 Å². The average Bonchev–Trinajstić information content (AvgIpc) is 0.811. The molecule has 0 aromatic rings. The summed E-state index contributed by atoms with van der Waals surface area (Å²) >= 11 is 3.57. The zero-order chi connectivity index (χ0) is 3.58. The van der Waals surface area contributed by atoms with E-state index < -0.39 is 7.58 Å². The summed E-state index contributed by atoms with van der Waals surface area (Å²) in [5, 5.41) is 0. The molecule has 0 aliphatic carbocycles. The van der Waals surface area contributed by atoms with Crippen LogP contribution >= 0.6 is 7.58 Å². The smallest absolute Gasteiger partial charge is 0.860 e. The van der Waals surface area contributed by atoms with Gasteiger partial charge in [0.05, 0.1) is 0 Å². The van der Waals surface area contributed by atoms with Crippen LogP contribution in [0.15, 0.2) is 0 Å². The summed E-state index contributed by atoms with van der Waals surface area (Å²) in [7, 11) is -2.54. The van der Waals surface area contributed by atoms with Gasteiger partial charge in [0.15, 0.2) is 0 Å². The molecule has 0 saturated heterocycles. The van der Waals surface area contributed by atoms with Gasteiger partial charge in [-0.2, -0.15) is 0 Å². The third-order valence-electron chi connectivity index (χ3n) is 0. The predicted octanol–water partition coefficient (Wildman–Crippen LogP) is -10.5. The largest absolute Gasteiger partial charge is 1.00 e. The molecule has 0 aromatic heterocycles. The molecule has 0 unspecified atom stereocenters. The van der Waals surface area contributed by atoms with E-state index in [1.807, 2.05) is 0 Å². The summed E-state index contributed by atoms with van der Waals surface area (Å²) in [6, 6.07) is 0. The summed E-state index contributed by atoms with van der Waals surface area (Å²) in [5.41, 5.74) is 0. The molecule has 0 spiro atoms. The fourth-order valence-electron chi connectivity index (χ4n) is 0. The first-order chi connectivity index (χ1) is 1.73. The molecule has 0 saturated carbocycles. The van der Waals surface area contributed by atoms with Gasteiger partial charge in [-0.3, -0.25) is 0 Å². The second kappa shape index (κ2) is 17.6. The molecule has 0 aromatic carbocycles. The molecule has 0 atom stereocenters.